The zero-order valence-electron chi connectivity index (χ0n) is 17.8. The summed E-state index contributed by atoms with van der Waals surface area (Å²) < 4.78 is 6.45. The van der Waals surface area contributed by atoms with Crippen LogP contribution in [-0.2, 0) is 0 Å². The lowest BCUT2D eigenvalue weighted by molar-refractivity contribution is 0.535. The van der Waals surface area contributed by atoms with Crippen molar-refractivity contribution >= 4 is 44.8 Å². The molecule has 0 fully saturated rings. The maximum Gasteiger partial charge on any atom is 0.159 e. The predicted octanol–water partition coefficient (Wildman–Crippen LogP) is 7.32. The summed E-state index contributed by atoms with van der Waals surface area (Å²) in [4.78, 5) is 9.48. The second-order valence-electron chi connectivity index (χ2n) is 8.55. The molecule has 4 heteroatoms. The molecule has 0 saturated heterocycles. The second kappa shape index (κ2) is 6.35. The van der Waals surface area contributed by atoms with Crippen LogP contribution in [0.5, 0.6) is 0 Å². The third kappa shape index (κ3) is 2.45. The monoisotopic (exact) mass is 405 g/mol. The van der Waals surface area contributed by atoms with Crippen LogP contribution in [0.25, 0.3) is 21.9 Å². The Balaban J connectivity index is 1.67. The van der Waals surface area contributed by atoms with Gasteiger partial charge in [-0.25, -0.2) is 4.98 Å². The van der Waals surface area contributed by atoms with E-state index in [9.17, 15) is 0 Å². The van der Waals surface area contributed by atoms with Crippen molar-refractivity contribution in [2.24, 2.45) is 0 Å². The Kier molecular flexibility index (Phi) is 3.69. The number of para-hydroxylation sites is 2. The van der Waals surface area contributed by atoms with Gasteiger partial charge in [0.2, 0.25) is 0 Å². The summed E-state index contributed by atoms with van der Waals surface area (Å²) >= 11 is 0. The van der Waals surface area contributed by atoms with E-state index >= 15 is 0 Å². The predicted molar refractivity (Wildman–Crippen MR) is 127 cm³/mol. The number of fused-ring (bicyclic) bond motifs is 4. The summed E-state index contributed by atoms with van der Waals surface area (Å²) in [5.74, 6) is 0.950. The Hall–Kier alpha value is -3.79. The van der Waals surface area contributed by atoms with E-state index in [1.165, 1.54) is 5.56 Å². The molecule has 0 aliphatic carbocycles. The number of aromatic nitrogens is 1. The first-order valence-corrected chi connectivity index (χ1v) is 10.6. The molecule has 0 saturated carbocycles. The molecule has 0 bridgehead atoms. The molecule has 1 aliphatic rings. The zero-order valence-corrected chi connectivity index (χ0v) is 17.8. The maximum atomic E-state index is 6.45. The van der Waals surface area contributed by atoms with Crippen molar-refractivity contribution in [3.05, 3.63) is 90.6 Å². The third-order valence-electron chi connectivity index (χ3n) is 6.27. The van der Waals surface area contributed by atoms with E-state index in [1.54, 1.807) is 0 Å². The molecule has 1 aliphatic heterocycles. The van der Waals surface area contributed by atoms with Crippen LogP contribution in [-0.4, -0.2) is 10.6 Å². The van der Waals surface area contributed by atoms with E-state index in [2.05, 4.69) is 85.2 Å². The Morgan fingerprint density at radius 1 is 0.774 bits per heavy atom. The molecular formula is C27H23N3O. The van der Waals surface area contributed by atoms with Crippen LogP contribution in [0.15, 0.2) is 89.5 Å². The summed E-state index contributed by atoms with van der Waals surface area (Å²) in [7, 11) is 0. The van der Waals surface area contributed by atoms with Crippen LogP contribution < -0.4 is 9.80 Å². The number of furan rings is 1. The fourth-order valence-corrected chi connectivity index (χ4v) is 4.95. The van der Waals surface area contributed by atoms with Gasteiger partial charge in [0.05, 0.1) is 11.4 Å². The highest BCUT2D eigenvalue weighted by Crippen LogP contribution is 2.53. The van der Waals surface area contributed by atoms with Crippen LogP contribution in [0.2, 0.25) is 0 Å². The Labute approximate surface area is 181 Å². The van der Waals surface area contributed by atoms with E-state index in [1.807, 2.05) is 30.5 Å². The SMILES string of the molecule is Cc1ccc2c(oc3ccccc32)c1N1c2cccnc2N(c2ccccc2)C1(C)C. The first kappa shape index (κ1) is 18.0. The fourth-order valence-electron chi connectivity index (χ4n) is 4.95. The smallest absolute Gasteiger partial charge is 0.159 e. The minimum absolute atomic E-state index is 0.393. The number of aryl methyl sites for hydroxylation is 1. The molecule has 2 aromatic heterocycles. The van der Waals surface area contributed by atoms with Gasteiger partial charge in [0.1, 0.15) is 11.2 Å². The van der Waals surface area contributed by atoms with Gasteiger partial charge in [-0.2, -0.15) is 0 Å². The van der Waals surface area contributed by atoms with Gasteiger partial charge in [-0.05, 0) is 56.7 Å². The molecule has 5 aromatic rings. The van der Waals surface area contributed by atoms with Gasteiger partial charge in [0.15, 0.2) is 11.4 Å². The fraction of sp³-hybridized carbons (Fsp3) is 0.148. The first-order valence-electron chi connectivity index (χ1n) is 10.6. The molecule has 4 nitrogen and oxygen atoms in total. The van der Waals surface area contributed by atoms with Crippen LogP contribution in [0.4, 0.5) is 22.9 Å². The lowest BCUT2D eigenvalue weighted by Crippen LogP contribution is -2.48. The van der Waals surface area contributed by atoms with E-state index < -0.39 is 5.66 Å². The summed E-state index contributed by atoms with van der Waals surface area (Å²) in [6.45, 7) is 6.63. The van der Waals surface area contributed by atoms with Crippen molar-refractivity contribution in [3.8, 4) is 0 Å². The summed E-state index contributed by atoms with van der Waals surface area (Å²) in [5, 5.41) is 2.28. The molecule has 0 atom stereocenters. The topological polar surface area (TPSA) is 32.5 Å². The van der Waals surface area contributed by atoms with Gasteiger partial charge in [-0.1, -0.05) is 48.5 Å². The lowest BCUT2D eigenvalue weighted by Gasteiger charge is -2.40. The van der Waals surface area contributed by atoms with E-state index in [-0.39, 0.29) is 0 Å². The number of benzene rings is 3. The number of nitrogens with zero attached hydrogens (tertiary/aromatic N) is 3. The molecule has 0 amide bonds. The summed E-state index contributed by atoms with van der Waals surface area (Å²) in [6, 6.07) is 27.2. The number of pyridine rings is 1. The first-order chi connectivity index (χ1) is 15.1. The van der Waals surface area contributed by atoms with Crippen molar-refractivity contribution < 1.29 is 4.42 Å². The largest absolute Gasteiger partial charge is 0.454 e. The van der Waals surface area contributed by atoms with Crippen molar-refractivity contribution in [3.63, 3.8) is 0 Å². The Morgan fingerprint density at radius 3 is 2.39 bits per heavy atom. The highest BCUT2D eigenvalue weighted by Gasteiger charge is 2.46. The molecule has 0 unspecified atom stereocenters. The molecule has 3 aromatic carbocycles. The van der Waals surface area contributed by atoms with Gasteiger partial charge < -0.3 is 14.2 Å². The second-order valence-corrected chi connectivity index (χ2v) is 8.55. The molecule has 3 heterocycles. The average Bonchev–Trinajstić information content (AvgIpc) is 3.26. The standard InChI is InChI=1S/C27H23N3O/c1-18-15-16-21-20-12-7-8-14-23(20)31-25(21)24(18)30-22-13-9-17-28-26(22)29(27(30,2)3)19-10-5-4-6-11-19/h4-17H,1-3H3. The normalized spacial score (nSPS) is 15.1. The third-order valence-corrected chi connectivity index (χ3v) is 6.27. The highest BCUT2D eigenvalue weighted by atomic mass is 16.3. The van der Waals surface area contributed by atoms with Gasteiger partial charge in [-0.15, -0.1) is 0 Å². The molecule has 0 radical (unpaired) electrons. The van der Waals surface area contributed by atoms with Crippen molar-refractivity contribution in [1.29, 1.82) is 0 Å². The molecule has 152 valence electrons. The zero-order chi connectivity index (χ0) is 21.2. The number of hydrogen-bond acceptors (Lipinski definition) is 4. The minimum Gasteiger partial charge on any atom is -0.454 e. The van der Waals surface area contributed by atoms with E-state index in [4.69, 9.17) is 9.40 Å². The van der Waals surface area contributed by atoms with E-state index in [0.717, 1.165) is 44.8 Å². The van der Waals surface area contributed by atoms with Crippen molar-refractivity contribution in [1.82, 2.24) is 4.98 Å². The number of rotatable bonds is 2. The Morgan fingerprint density at radius 2 is 1.55 bits per heavy atom. The van der Waals surface area contributed by atoms with E-state index in [0.29, 0.717) is 0 Å². The quantitative estimate of drug-likeness (QED) is 0.308. The highest BCUT2D eigenvalue weighted by molar-refractivity contribution is 6.11. The molecule has 31 heavy (non-hydrogen) atoms. The van der Waals surface area contributed by atoms with Gasteiger partial charge in [0, 0.05) is 22.7 Å². The number of anilines is 4. The molecule has 0 spiro atoms. The van der Waals surface area contributed by atoms with Crippen LogP contribution >= 0.6 is 0 Å². The lowest BCUT2D eigenvalue weighted by atomic mass is 10.0. The maximum absolute atomic E-state index is 6.45. The summed E-state index contributed by atoms with van der Waals surface area (Å²) in [6.07, 6.45) is 1.86. The van der Waals surface area contributed by atoms with Crippen molar-refractivity contribution in [2.75, 3.05) is 9.80 Å². The number of hydrogen-bond donors (Lipinski definition) is 0. The molecule has 6 rings (SSSR count). The van der Waals surface area contributed by atoms with Gasteiger partial charge in [-0.3, -0.25) is 0 Å². The van der Waals surface area contributed by atoms with Crippen LogP contribution in [0.1, 0.15) is 19.4 Å². The minimum atomic E-state index is -0.393. The summed E-state index contributed by atoms with van der Waals surface area (Å²) in [5.41, 5.74) is 5.88. The Bertz CT molecular complexity index is 1440. The van der Waals surface area contributed by atoms with Gasteiger partial charge >= 0.3 is 0 Å². The molecular weight excluding hydrogens is 382 g/mol. The van der Waals surface area contributed by atoms with Crippen LogP contribution in [0.3, 0.4) is 0 Å². The molecule has 0 N–H and O–H groups in total. The van der Waals surface area contributed by atoms with Crippen molar-refractivity contribution in [2.45, 2.75) is 26.4 Å². The average molecular weight is 406 g/mol. The van der Waals surface area contributed by atoms with Crippen LogP contribution in [0, 0.1) is 6.92 Å². The van der Waals surface area contributed by atoms with Gasteiger partial charge in [0.25, 0.3) is 0 Å².